The van der Waals surface area contributed by atoms with Crippen LogP contribution >= 0.6 is 27.7 Å². The van der Waals surface area contributed by atoms with Crippen LogP contribution in [-0.2, 0) is 5.75 Å². The Kier molecular flexibility index (Phi) is 6.18. The minimum Gasteiger partial charge on any atom is -0.338 e. The molecule has 1 aliphatic carbocycles. The van der Waals surface area contributed by atoms with E-state index in [2.05, 4.69) is 65.1 Å². The summed E-state index contributed by atoms with van der Waals surface area (Å²) in [5.74, 6) is 3.23. The molecule has 2 aromatic heterocycles. The highest BCUT2D eigenvalue weighted by Crippen LogP contribution is 2.35. The summed E-state index contributed by atoms with van der Waals surface area (Å²) in [5.41, 5.74) is 2.02. The topological polar surface area (TPSA) is 69.6 Å². The molecule has 1 saturated carbocycles. The molecule has 1 fully saturated rings. The van der Waals surface area contributed by atoms with Crippen LogP contribution in [-0.4, -0.2) is 24.9 Å². The zero-order valence-corrected chi connectivity index (χ0v) is 19.3. The average molecular weight is 496 g/mol. The summed E-state index contributed by atoms with van der Waals surface area (Å²) >= 11 is 5.02. The zero-order chi connectivity index (χ0) is 21.0. The summed E-state index contributed by atoms with van der Waals surface area (Å²) in [4.78, 5) is 4.55. The van der Waals surface area contributed by atoms with E-state index < -0.39 is 0 Å². The van der Waals surface area contributed by atoms with Crippen molar-refractivity contribution in [1.29, 1.82) is 0 Å². The van der Waals surface area contributed by atoms with Gasteiger partial charge in [-0.05, 0) is 49.2 Å². The number of nitrogens with zero attached hydrogens (tertiary/aromatic N) is 5. The van der Waals surface area contributed by atoms with Crippen molar-refractivity contribution < 1.29 is 4.52 Å². The first-order valence-electron chi connectivity index (χ1n) is 10.5. The van der Waals surface area contributed by atoms with E-state index in [-0.39, 0.29) is 0 Å². The number of hydrogen-bond donors (Lipinski definition) is 0. The minimum atomic E-state index is 0.461. The first-order valence-corrected chi connectivity index (χ1v) is 12.3. The van der Waals surface area contributed by atoms with E-state index in [9.17, 15) is 0 Å². The van der Waals surface area contributed by atoms with Gasteiger partial charge in [0.15, 0.2) is 5.16 Å². The maximum atomic E-state index is 5.49. The summed E-state index contributed by atoms with van der Waals surface area (Å²) < 4.78 is 8.71. The second-order valence-corrected chi connectivity index (χ2v) is 9.51. The van der Waals surface area contributed by atoms with Crippen LogP contribution in [0.15, 0.2) is 68.7 Å². The van der Waals surface area contributed by atoms with Crippen LogP contribution in [0.25, 0.3) is 17.1 Å². The Morgan fingerprint density at radius 3 is 2.52 bits per heavy atom. The Bertz CT molecular complexity index is 1140. The third-order valence-corrected chi connectivity index (χ3v) is 6.98. The molecule has 5 rings (SSSR count). The fourth-order valence-electron chi connectivity index (χ4n) is 3.98. The summed E-state index contributed by atoms with van der Waals surface area (Å²) in [7, 11) is 0. The van der Waals surface area contributed by atoms with E-state index in [4.69, 9.17) is 4.52 Å². The van der Waals surface area contributed by atoms with Gasteiger partial charge in [-0.15, -0.1) is 10.2 Å². The van der Waals surface area contributed by atoms with Gasteiger partial charge in [0.1, 0.15) is 5.82 Å². The van der Waals surface area contributed by atoms with Crippen LogP contribution < -0.4 is 0 Å². The van der Waals surface area contributed by atoms with Gasteiger partial charge in [0.25, 0.3) is 0 Å². The van der Waals surface area contributed by atoms with Crippen molar-refractivity contribution in [2.24, 2.45) is 0 Å². The lowest BCUT2D eigenvalue weighted by atomic mass is 9.88. The third-order valence-electron chi connectivity index (χ3n) is 5.54. The van der Waals surface area contributed by atoms with Gasteiger partial charge in [0, 0.05) is 21.6 Å². The molecule has 0 radical (unpaired) electrons. The van der Waals surface area contributed by atoms with E-state index in [1.807, 2.05) is 30.3 Å². The van der Waals surface area contributed by atoms with Crippen molar-refractivity contribution in [1.82, 2.24) is 24.9 Å². The van der Waals surface area contributed by atoms with Crippen molar-refractivity contribution in [3.05, 3.63) is 70.8 Å². The first kappa shape index (κ1) is 20.5. The number of para-hydroxylation sites is 1. The molecule has 4 aromatic rings. The molecule has 0 aliphatic heterocycles. The number of thioether (sulfide) groups is 1. The molecule has 8 heteroatoms. The smallest absolute Gasteiger partial charge is 0.237 e. The number of hydrogen-bond acceptors (Lipinski definition) is 6. The standard InChI is InChI=1S/C23H22BrN5OS/c24-18-13-11-16(12-14-18)21-25-20(30-28-21)15-31-23-27-26-22(17-7-3-1-4-8-17)29(23)19-9-5-2-6-10-19/h2,5-6,9-14,17H,1,3-4,7-8,15H2. The van der Waals surface area contributed by atoms with Crippen molar-refractivity contribution in [2.75, 3.05) is 0 Å². The number of halogens is 1. The lowest BCUT2D eigenvalue weighted by Gasteiger charge is -2.22. The number of benzene rings is 2. The van der Waals surface area contributed by atoms with Gasteiger partial charge in [-0.3, -0.25) is 4.57 Å². The molecule has 2 heterocycles. The largest absolute Gasteiger partial charge is 0.338 e. The van der Waals surface area contributed by atoms with Crippen LogP contribution in [0.2, 0.25) is 0 Å². The Labute approximate surface area is 193 Å². The van der Waals surface area contributed by atoms with Gasteiger partial charge < -0.3 is 4.52 Å². The van der Waals surface area contributed by atoms with Crippen molar-refractivity contribution >= 4 is 27.7 Å². The molecule has 2 aromatic carbocycles. The third kappa shape index (κ3) is 4.60. The zero-order valence-electron chi connectivity index (χ0n) is 16.9. The molecule has 0 saturated heterocycles. The highest BCUT2D eigenvalue weighted by molar-refractivity contribution is 9.10. The number of rotatable bonds is 6. The molecule has 31 heavy (non-hydrogen) atoms. The normalized spacial score (nSPS) is 14.7. The van der Waals surface area contributed by atoms with E-state index in [1.54, 1.807) is 11.8 Å². The predicted molar refractivity (Wildman–Crippen MR) is 124 cm³/mol. The molecule has 0 bridgehead atoms. The van der Waals surface area contributed by atoms with Crippen molar-refractivity contribution in [2.45, 2.75) is 48.9 Å². The highest BCUT2D eigenvalue weighted by Gasteiger charge is 2.24. The van der Waals surface area contributed by atoms with Crippen LogP contribution in [0, 0.1) is 0 Å². The van der Waals surface area contributed by atoms with E-state index in [0.717, 1.165) is 26.7 Å². The number of aromatic nitrogens is 5. The van der Waals surface area contributed by atoms with Crippen LogP contribution in [0.5, 0.6) is 0 Å². The fraction of sp³-hybridized carbons (Fsp3) is 0.304. The summed E-state index contributed by atoms with van der Waals surface area (Å²) in [6, 6.07) is 18.2. The summed E-state index contributed by atoms with van der Waals surface area (Å²) in [5, 5.41) is 14.1. The average Bonchev–Trinajstić information content (AvgIpc) is 3.47. The van der Waals surface area contributed by atoms with E-state index in [1.165, 1.54) is 32.1 Å². The van der Waals surface area contributed by atoms with Crippen molar-refractivity contribution in [3.8, 4) is 17.1 Å². The van der Waals surface area contributed by atoms with Gasteiger partial charge in [-0.1, -0.05) is 70.3 Å². The van der Waals surface area contributed by atoms with Gasteiger partial charge in [0.2, 0.25) is 11.7 Å². The second kappa shape index (κ2) is 9.36. The minimum absolute atomic E-state index is 0.461. The molecule has 6 nitrogen and oxygen atoms in total. The molecule has 0 spiro atoms. The Morgan fingerprint density at radius 2 is 1.74 bits per heavy atom. The van der Waals surface area contributed by atoms with Crippen LogP contribution in [0.4, 0.5) is 0 Å². The lowest BCUT2D eigenvalue weighted by molar-refractivity contribution is 0.391. The SMILES string of the molecule is Brc1ccc(-c2noc(CSc3nnc(C4CCCCC4)n3-c3ccccc3)n2)cc1. The predicted octanol–water partition coefficient (Wildman–Crippen LogP) is 6.42. The second-order valence-electron chi connectivity index (χ2n) is 7.65. The quantitative estimate of drug-likeness (QED) is 0.287. The van der Waals surface area contributed by atoms with Crippen LogP contribution in [0.1, 0.15) is 49.7 Å². The van der Waals surface area contributed by atoms with E-state index in [0.29, 0.717) is 23.4 Å². The molecule has 0 amide bonds. The Hall–Kier alpha value is -2.45. The maximum absolute atomic E-state index is 5.49. The van der Waals surface area contributed by atoms with Crippen LogP contribution in [0.3, 0.4) is 0 Å². The fourth-order valence-corrected chi connectivity index (χ4v) is 5.04. The van der Waals surface area contributed by atoms with Crippen molar-refractivity contribution in [3.63, 3.8) is 0 Å². The molecule has 158 valence electrons. The summed E-state index contributed by atoms with van der Waals surface area (Å²) in [6.45, 7) is 0. The van der Waals surface area contributed by atoms with Gasteiger partial charge >= 0.3 is 0 Å². The molecular formula is C23H22BrN5OS. The van der Waals surface area contributed by atoms with Gasteiger partial charge in [0.05, 0.1) is 5.75 Å². The molecule has 0 atom stereocenters. The van der Waals surface area contributed by atoms with Gasteiger partial charge in [-0.25, -0.2) is 0 Å². The highest BCUT2D eigenvalue weighted by atomic mass is 79.9. The van der Waals surface area contributed by atoms with E-state index >= 15 is 0 Å². The molecular weight excluding hydrogens is 474 g/mol. The first-order chi connectivity index (χ1) is 15.3. The molecule has 1 aliphatic rings. The van der Waals surface area contributed by atoms with Gasteiger partial charge in [-0.2, -0.15) is 4.98 Å². The molecule has 0 N–H and O–H groups in total. The maximum Gasteiger partial charge on any atom is 0.237 e. The Balaban J connectivity index is 1.38. The Morgan fingerprint density at radius 1 is 0.968 bits per heavy atom. The lowest BCUT2D eigenvalue weighted by Crippen LogP contribution is -2.11. The summed E-state index contributed by atoms with van der Waals surface area (Å²) in [6.07, 6.45) is 6.19. The molecule has 0 unspecified atom stereocenters. The monoisotopic (exact) mass is 495 g/mol.